The van der Waals surface area contributed by atoms with Crippen molar-refractivity contribution >= 4 is 23.9 Å². The summed E-state index contributed by atoms with van der Waals surface area (Å²) >= 11 is 5.70. The van der Waals surface area contributed by atoms with Gasteiger partial charge in [0.05, 0.1) is 7.11 Å². The molecule has 0 saturated heterocycles. The summed E-state index contributed by atoms with van der Waals surface area (Å²) in [6.07, 6.45) is 1.54. The summed E-state index contributed by atoms with van der Waals surface area (Å²) in [5, 5.41) is 0. The fraction of sp³-hybridized carbons (Fsp3) is 0.625. The standard InChI is InChI=1S/C8H15ClNO3P/c1-5-6-10(14(4,9)12)7(2)8(11)13-3/h5,7H,1,6H2,2-4H3/t7-,14-/m0/s1. The zero-order chi connectivity index (χ0) is 11.4. The molecule has 0 aliphatic carbocycles. The maximum Gasteiger partial charge on any atom is 0.323 e. The molecule has 0 radical (unpaired) electrons. The topological polar surface area (TPSA) is 46.6 Å². The smallest absolute Gasteiger partial charge is 0.323 e. The molecule has 0 aromatic heterocycles. The van der Waals surface area contributed by atoms with E-state index in [2.05, 4.69) is 11.3 Å². The molecule has 0 bridgehead atoms. The van der Waals surface area contributed by atoms with Crippen LogP contribution in [0.4, 0.5) is 0 Å². The van der Waals surface area contributed by atoms with Crippen LogP contribution < -0.4 is 0 Å². The molecular formula is C8H15ClNO3P. The molecule has 6 heteroatoms. The molecular weight excluding hydrogens is 225 g/mol. The van der Waals surface area contributed by atoms with Gasteiger partial charge in [0, 0.05) is 13.2 Å². The van der Waals surface area contributed by atoms with Crippen molar-refractivity contribution in [1.82, 2.24) is 4.67 Å². The van der Waals surface area contributed by atoms with Crippen molar-refractivity contribution in [1.29, 1.82) is 0 Å². The first-order valence-corrected chi connectivity index (χ1v) is 7.08. The van der Waals surface area contributed by atoms with Crippen LogP contribution in [0.15, 0.2) is 12.7 Å². The van der Waals surface area contributed by atoms with Gasteiger partial charge in [0.2, 0.25) is 6.65 Å². The Balaban J connectivity index is 4.74. The van der Waals surface area contributed by atoms with Crippen molar-refractivity contribution in [2.75, 3.05) is 20.3 Å². The van der Waals surface area contributed by atoms with Gasteiger partial charge in [0.25, 0.3) is 0 Å². The number of carbonyl (C=O) groups is 1. The number of ether oxygens (including phenoxy) is 1. The molecule has 0 aliphatic rings. The van der Waals surface area contributed by atoms with Crippen LogP contribution >= 0.6 is 17.9 Å². The van der Waals surface area contributed by atoms with Crippen LogP contribution in [-0.2, 0) is 14.1 Å². The van der Waals surface area contributed by atoms with E-state index in [-0.39, 0.29) is 6.54 Å². The molecule has 0 amide bonds. The second-order valence-electron chi connectivity index (χ2n) is 2.89. The van der Waals surface area contributed by atoms with Gasteiger partial charge in [-0.25, -0.2) is 4.67 Å². The highest BCUT2D eigenvalue weighted by Gasteiger charge is 2.31. The van der Waals surface area contributed by atoms with Crippen molar-refractivity contribution in [3.05, 3.63) is 12.7 Å². The third kappa shape index (κ3) is 3.82. The van der Waals surface area contributed by atoms with E-state index in [1.54, 1.807) is 6.92 Å². The number of nitrogens with zero attached hydrogens (tertiary/aromatic N) is 1. The molecule has 0 aliphatic heterocycles. The Morgan fingerprint density at radius 2 is 2.29 bits per heavy atom. The molecule has 0 fully saturated rings. The van der Waals surface area contributed by atoms with Crippen LogP contribution in [-0.4, -0.2) is 37.0 Å². The van der Waals surface area contributed by atoms with Crippen LogP contribution in [0.2, 0.25) is 0 Å². The van der Waals surface area contributed by atoms with Crippen LogP contribution in [0.25, 0.3) is 0 Å². The summed E-state index contributed by atoms with van der Waals surface area (Å²) in [7, 11) is 1.28. The summed E-state index contributed by atoms with van der Waals surface area (Å²) < 4.78 is 17.5. The molecule has 4 nitrogen and oxygen atoms in total. The predicted octanol–water partition coefficient (Wildman–Crippen LogP) is 2.10. The van der Waals surface area contributed by atoms with E-state index < -0.39 is 18.7 Å². The van der Waals surface area contributed by atoms with Gasteiger partial charge in [0.15, 0.2) is 0 Å². The van der Waals surface area contributed by atoms with Crippen LogP contribution in [0.1, 0.15) is 6.92 Å². The first-order chi connectivity index (χ1) is 6.34. The lowest BCUT2D eigenvalue weighted by Crippen LogP contribution is -2.36. The Hall–Kier alpha value is -0.310. The van der Waals surface area contributed by atoms with E-state index in [4.69, 9.17) is 11.2 Å². The maximum atomic E-state index is 11.6. The first kappa shape index (κ1) is 13.7. The van der Waals surface area contributed by atoms with Gasteiger partial charge in [-0.15, -0.1) is 6.58 Å². The van der Waals surface area contributed by atoms with E-state index in [0.717, 1.165) is 0 Å². The fourth-order valence-electron chi connectivity index (χ4n) is 1.04. The molecule has 2 atom stereocenters. The molecule has 0 aromatic rings. The number of hydrogen-bond donors (Lipinski definition) is 0. The largest absolute Gasteiger partial charge is 0.468 e. The molecule has 0 unspecified atom stereocenters. The minimum atomic E-state index is -2.98. The average Bonchev–Trinajstić information content (AvgIpc) is 2.09. The quantitative estimate of drug-likeness (QED) is 0.419. The van der Waals surface area contributed by atoms with Crippen molar-refractivity contribution in [2.24, 2.45) is 0 Å². The number of esters is 1. The van der Waals surface area contributed by atoms with Crippen molar-refractivity contribution in [2.45, 2.75) is 13.0 Å². The Labute approximate surface area is 89.1 Å². The molecule has 0 aromatic carbocycles. The molecule has 82 valence electrons. The monoisotopic (exact) mass is 239 g/mol. The normalized spacial score (nSPS) is 17.2. The van der Waals surface area contributed by atoms with E-state index in [1.807, 2.05) is 0 Å². The summed E-state index contributed by atoms with van der Waals surface area (Å²) in [6, 6.07) is -0.633. The predicted molar refractivity (Wildman–Crippen MR) is 57.8 cm³/mol. The van der Waals surface area contributed by atoms with E-state index in [9.17, 15) is 9.36 Å². The minimum absolute atomic E-state index is 0.285. The minimum Gasteiger partial charge on any atom is -0.468 e. The number of methoxy groups -OCH3 is 1. The third-order valence-electron chi connectivity index (χ3n) is 1.76. The maximum absolute atomic E-state index is 11.6. The van der Waals surface area contributed by atoms with E-state index in [1.165, 1.54) is 24.5 Å². The highest BCUT2D eigenvalue weighted by atomic mass is 35.7. The Kier molecular flexibility index (Phi) is 5.42. The second-order valence-corrected chi connectivity index (χ2v) is 6.84. The zero-order valence-corrected chi connectivity index (χ0v) is 10.2. The van der Waals surface area contributed by atoms with Gasteiger partial charge < -0.3 is 4.74 Å². The highest BCUT2D eigenvalue weighted by Crippen LogP contribution is 2.52. The average molecular weight is 240 g/mol. The number of rotatable bonds is 5. The van der Waals surface area contributed by atoms with Gasteiger partial charge in [-0.1, -0.05) is 6.08 Å². The lowest BCUT2D eigenvalue weighted by Gasteiger charge is -2.27. The second kappa shape index (κ2) is 5.54. The third-order valence-corrected chi connectivity index (χ3v) is 3.77. The summed E-state index contributed by atoms with van der Waals surface area (Å²) in [6.45, 7) is 3.79. The van der Waals surface area contributed by atoms with Crippen LogP contribution in [0.3, 0.4) is 0 Å². The van der Waals surface area contributed by atoms with E-state index >= 15 is 0 Å². The number of halogens is 1. The number of carbonyl (C=O) groups excluding carboxylic acids is 1. The lowest BCUT2D eigenvalue weighted by atomic mass is 10.3. The molecule has 0 spiro atoms. The highest BCUT2D eigenvalue weighted by molar-refractivity contribution is 7.86. The lowest BCUT2D eigenvalue weighted by molar-refractivity contribution is -0.144. The van der Waals surface area contributed by atoms with Crippen molar-refractivity contribution in [3.63, 3.8) is 0 Å². The fourth-order valence-corrected chi connectivity index (χ4v) is 2.74. The van der Waals surface area contributed by atoms with Crippen LogP contribution in [0.5, 0.6) is 0 Å². The SMILES string of the molecule is C=CCN([C@@H](C)C(=O)OC)[P@@](C)(=O)Cl. The van der Waals surface area contributed by atoms with Crippen molar-refractivity contribution in [3.8, 4) is 0 Å². The Bertz CT molecular complexity index is 263. The summed E-state index contributed by atoms with van der Waals surface area (Å²) in [5.74, 6) is -0.463. The Morgan fingerprint density at radius 3 is 2.57 bits per heavy atom. The molecule has 0 rings (SSSR count). The van der Waals surface area contributed by atoms with Crippen LogP contribution in [0, 0.1) is 0 Å². The summed E-state index contributed by atoms with van der Waals surface area (Å²) in [5.41, 5.74) is 0. The van der Waals surface area contributed by atoms with Gasteiger partial charge >= 0.3 is 5.97 Å². The first-order valence-electron chi connectivity index (χ1n) is 4.07. The Morgan fingerprint density at radius 1 is 1.79 bits per heavy atom. The number of hydrogen-bond acceptors (Lipinski definition) is 3. The van der Waals surface area contributed by atoms with Gasteiger partial charge in [-0.2, -0.15) is 0 Å². The molecule has 14 heavy (non-hydrogen) atoms. The molecule has 0 saturated carbocycles. The molecule has 0 N–H and O–H groups in total. The van der Waals surface area contributed by atoms with E-state index in [0.29, 0.717) is 0 Å². The van der Waals surface area contributed by atoms with Crippen molar-refractivity contribution < 1.29 is 14.1 Å². The van der Waals surface area contributed by atoms with Gasteiger partial charge in [0.1, 0.15) is 6.04 Å². The van der Waals surface area contributed by atoms with Gasteiger partial charge in [-0.05, 0) is 18.2 Å². The van der Waals surface area contributed by atoms with Gasteiger partial charge in [-0.3, -0.25) is 9.36 Å². The summed E-state index contributed by atoms with van der Waals surface area (Å²) in [4.78, 5) is 11.2. The zero-order valence-electron chi connectivity index (χ0n) is 8.57. The molecule has 0 heterocycles.